The van der Waals surface area contributed by atoms with E-state index in [1.54, 1.807) is 0 Å². The van der Waals surface area contributed by atoms with Gasteiger partial charge < -0.3 is 15.4 Å². The number of fused-ring (bicyclic) bond motifs is 1. The lowest BCUT2D eigenvalue weighted by Gasteiger charge is -2.48. The first kappa shape index (κ1) is 24.2. The zero-order chi connectivity index (χ0) is 25.8. The summed E-state index contributed by atoms with van der Waals surface area (Å²) in [5.41, 5.74) is 11.6. The van der Waals surface area contributed by atoms with E-state index in [9.17, 15) is 10.1 Å². The van der Waals surface area contributed by atoms with Gasteiger partial charge >= 0.3 is 0 Å². The van der Waals surface area contributed by atoms with Crippen LogP contribution in [0.3, 0.4) is 0 Å². The molecule has 2 N–H and O–H groups in total. The summed E-state index contributed by atoms with van der Waals surface area (Å²) in [5, 5.41) is 10.0. The second-order valence-electron chi connectivity index (χ2n) is 12.0. The van der Waals surface area contributed by atoms with Gasteiger partial charge in [-0.3, -0.25) is 4.79 Å². The molecule has 0 aromatic heterocycles. The number of ether oxygens (including phenoxy) is 1. The Labute approximate surface area is 214 Å². The van der Waals surface area contributed by atoms with E-state index >= 15 is 0 Å². The number of rotatable bonds is 3. The van der Waals surface area contributed by atoms with Gasteiger partial charge in [-0.15, -0.1) is 0 Å². The number of Topliss-reactive ketones (excluding diaryl/α,β-unsaturated/α-hetero) is 1. The molecule has 2 atom stereocenters. The van der Waals surface area contributed by atoms with Crippen molar-refractivity contribution in [1.29, 1.82) is 5.26 Å². The highest BCUT2D eigenvalue weighted by Gasteiger charge is 2.44. The van der Waals surface area contributed by atoms with E-state index in [1.807, 2.05) is 6.07 Å². The maximum absolute atomic E-state index is 13.4. The van der Waals surface area contributed by atoms with Crippen LogP contribution in [0.2, 0.25) is 0 Å². The molecule has 3 aliphatic rings. The molecule has 2 aliphatic heterocycles. The van der Waals surface area contributed by atoms with Crippen molar-refractivity contribution in [3.05, 3.63) is 88.0 Å². The molecule has 0 bridgehead atoms. The summed E-state index contributed by atoms with van der Waals surface area (Å²) >= 11 is 0. The van der Waals surface area contributed by atoms with Gasteiger partial charge in [0.2, 0.25) is 5.88 Å². The van der Waals surface area contributed by atoms with Gasteiger partial charge in [-0.05, 0) is 54.4 Å². The van der Waals surface area contributed by atoms with Crippen LogP contribution in [0.15, 0.2) is 71.3 Å². The number of carbonyl (C=O) groups excluding carboxylic acids is 1. The van der Waals surface area contributed by atoms with E-state index in [4.69, 9.17) is 10.5 Å². The third-order valence-corrected chi connectivity index (χ3v) is 8.00. The summed E-state index contributed by atoms with van der Waals surface area (Å²) in [4.78, 5) is 15.9. The first-order valence-corrected chi connectivity index (χ1v) is 12.8. The normalized spacial score (nSPS) is 24.6. The molecule has 0 amide bonds. The van der Waals surface area contributed by atoms with Crippen LogP contribution in [-0.4, -0.2) is 11.3 Å². The van der Waals surface area contributed by atoms with Crippen LogP contribution in [0.4, 0.5) is 5.69 Å². The maximum atomic E-state index is 13.4. The predicted molar refractivity (Wildman–Crippen MR) is 142 cm³/mol. The summed E-state index contributed by atoms with van der Waals surface area (Å²) < 4.78 is 5.88. The van der Waals surface area contributed by atoms with E-state index in [1.165, 1.54) is 16.8 Å². The van der Waals surface area contributed by atoms with E-state index in [-0.39, 0.29) is 22.6 Å². The number of carbonyl (C=O) groups is 1. The van der Waals surface area contributed by atoms with Crippen molar-refractivity contribution in [3.63, 3.8) is 0 Å². The van der Waals surface area contributed by atoms with E-state index in [2.05, 4.69) is 88.1 Å². The Morgan fingerprint density at radius 3 is 2.53 bits per heavy atom. The number of nitrogens with zero attached hydrogens (tertiary/aromatic N) is 2. The molecule has 0 saturated heterocycles. The second-order valence-corrected chi connectivity index (χ2v) is 12.0. The fourth-order valence-corrected chi connectivity index (χ4v) is 6.37. The van der Waals surface area contributed by atoms with Gasteiger partial charge in [0.1, 0.15) is 17.4 Å². The monoisotopic (exact) mass is 481 g/mol. The van der Waals surface area contributed by atoms with Crippen molar-refractivity contribution in [2.24, 2.45) is 11.1 Å². The Morgan fingerprint density at radius 1 is 1.11 bits per heavy atom. The Kier molecular flexibility index (Phi) is 5.75. The molecule has 186 valence electrons. The smallest absolute Gasteiger partial charge is 0.205 e. The SMILES string of the molecule is C[C@@H]1CC(C)(C)N(Cc2ccccc2)c2ccc([C@@H]3C(C#N)=C(N)OC4=C3C(=O)CC(C)(C)C4)cc21. The van der Waals surface area contributed by atoms with Gasteiger partial charge in [0, 0.05) is 36.2 Å². The molecule has 36 heavy (non-hydrogen) atoms. The Balaban J connectivity index is 1.61. The number of nitrogens with two attached hydrogens (primary N) is 1. The topological polar surface area (TPSA) is 79.3 Å². The van der Waals surface area contributed by atoms with Crippen LogP contribution < -0.4 is 10.6 Å². The maximum Gasteiger partial charge on any atom is 0.205 e. The van der Waals surface area contributed by atoms with Crippen molar-refractivity contribution in [1.82, 2.24) is 0 Å². The number of anilines is 1. The predicted octanol–water partition coefficient (Wildman–Crippen LogP) is 6.43. The van der Waals surface area contributed by atoms with Crippen molar-refractivity contribution in [2.75, 3.05) is 4.90 Å². The molecule has 0 saturated carbocycles. The molecule has 1 aliphatic carbocycles. The number of hydrogen-bond donors (Lipinski definition) is 1. The summed E-state index contributed by atoms with van der Waals surface area (Å²) in [6.45, 7) is 11.8. The molecular formula is C31H35N3O2. The minimum absolute atomic E-state index is 0.00872. The van der Waals surface area contributed by atoms with Crippen molar-refractivity contribution in [3.8, 4) is 6.07 Å². The van der Waals surface area contributed by atoms with Crippen LogP contribution in [-0.2, 0) is 16.1 Å². The minimum atomic E-state index is -0.489. The van der Waals surface area contributed by atoms with Crippen LogP contribution in [0.5, 0.6) is 0 Å². The molecule has 2 aromatic carbocycles. The lowest BCUT2D eigenvalue weighted by atomic mass is 9.69. The van der Waals surface area contributed by atoms with Crippen LogP contribution in [0.1, 0.15) is 82.4 Å². The summed E-state index contributed by atoms with van der Waals surface area (Å²) in [6.07, 6.45) is 2.07. The lowest BCUT2D eigenvalue weighted by Crippen LogP contribution is -2.47. The van der Waals surface area contributed by atoms with E-state index in [0.717, 1.165) is 18.5 Å². The first-order chi connectivity index (χ1) is 17.0. The molecule has 5 nitrogen and oxygen atoms in total. The van der Waals surface area contributed by atoms with Gasteiger partial charge in [-0.1, -0.05) is 63.2 Å². The molecule has 2 heterocycles. The number of ketones is 1. The average molecular weight is 482 g/mol. The fourth-order valence-electron chi connectivity index (χ4n) is 6.37. The second kappa shape index (κ2) is 8.55. The highest BCUT2D eigenvalue weighted by molar-refractivity contribution is 6.00. The zero-order valence-electron chi connectivity index (χ0n) is 21.9. The minimum Gasteiger partial charge on any atom is -0.444 e. The van der Waals surface area contributed by atoms with Crippen molar-refractivity contribution >= 4 is 11.5 Å². The highest BCUT2D eigenvalue weighted by atomic mass is 16.5. The van der Waals surface area contributed by atoms with Crippen molar-refractivity contribution < 1.29 is 9.53 Å². The molecule has 5 rings (SSSR count). The molecule has 5 heteroatoms. The van der Waals surface area contributed by atoms with Gasteiger partial charge in [-0.2, -0.15) is 5.26 Å². The third-order valence-electron chi connectivity index (χ3n) is 8.00. The Bertz CT molecular complexity index is 1330. The van der Waals surface area contributed by atoms with E-state index in [0.29, 0.717) is 35.7 Å². The summed E-state index contributed by atoms with van der Waals surface area (Å²) in [7, 11) is 0. The van der Waals surface area contributed by atoms with Gasteiger partial charge in [0.05, 0.1) is 5.92 Å². The number of benzene rings is 2. The summed E-state index contributed by atoms with van der Waals surface area (Å²) in [5.74, 6) is 0.629. The number of allylic oxidation sites excluding steroid dienone is 3. The fraction of sp³-hybridized carbons (Fsp3) is 0.419. The van der Waals surface area contributed by atoms with Gasteiger partial charge in [0.25, 0.3) is 0 Å². The standard InChI is InChI=1S/C31H35N3O2/c1-19-14-31(4,5)34(18-20-9-7-6-8-10-20)24-12-11-21(13-22(19)24)27-23(17-32)29(33)36-26-16-30(2,3)15-25(35)28(26)27/h6-13,19,27H,14-16,18,33H2,1-5H3/t19-,27-/m1/s1. The third kappa shape index (κ3) is 4.09. The molecule has 0 spiro atoms. The first-order valence-electron chi connectivity index (χ1n) is 12.8. The molecule has 0 fully saturated rings. The lowest BCUT2D eigenvalue weighted by molar-refractivity contribution is -0.119. The largest absolute Gasteiger partial charge is 0.444 e. The van der Waals surface area contributed by atoms with Gasteiger partial charge in [0.15, 0.2) is 5.78 Å². The molecule has 2 aromatic rings. The van der Waals surface area contributed by atoms with E-state index < -0.39 is 5.92 Å². The van der Waals surface area contributed by atoms with Gasteiger partial charge in [-0.25, -0.2) is 0 Å². The number of hydrogen-bond acceptors (Lipinski definition) is 5. The number of nitriles is 1. The Hall–Kier alpha value is -3.52. The highest BCUT2D eigenvalue weighted by Crippen LogP contribution is 2.50. The van der Waals surface area contributed by atoms with Crippen LogP contribution in [0, 0.1) is 16.7 Å². The van der Waals surface area contributed by atoms with Crippen LogP contribution in [0.25, 0.3) is 0 Å². The molecule has 0 radical (unpaired) electrons. The van der Waals surface area contributed by atoms with Crippen LogP contribution >= 0.6 is 0 Å². The quantitative estimate of drug-likeness (QED) is 0.546. The average Bonchev–Trinajstić information content (AvgIpc) is 2.80. The zero-order valence-corrected chi connectivity index (χ0v) is 21.9. The summed E-state index contributed by atoms with van der Waals surface area (Å²) in [6, 6.07) is 19.2. The molecular weight excluding hydrogens is 446 g/mol. The van der Waals surface area contributed by atoms with Crippen molar-refractivity contribution in [2.45, 2.75) is 77.8 Å². The molecule has 0 unspecified atom stereocenters. The Morgan fingerprint density at radius 2 is 1.83 bits per heavy atom.